The van der Waals surface area contributed by atoms with Crippen LogP contribution in [-0.4, -0.2) is 27.9 Å². The van der Waals surface area contributed by atoms with Gasteiger partial charge in [-0.2, -0.15) is 0 Å². The van der Waals surface area contributed by atoms with E-state index in [2.05, 4.69) is 12.1 Å². The summed E-state index contributed by atoms with van der Waals surface area (Å²) in [6.45, 7) is 0. The van der Waals surface area contributed by atoms with Crippen molar-refractivity contribution in [3.63, 3.8) is 0 Å². The Hall–Kier alpha value is -3.60. The maximum Gasteiger partial charge on any atom is 0.153 e. The van der Waals surface area contributed by atoms with Gasteiger partial charge in [0, 0.05) is 12.8 Å². The second kappa shape index (κ2) is 9.90. The van der Waals surface area contributed by atoms with Gasteiger partial charge in [-0.15, -0.1) is 0 Å². The van der Waals surface area contributed by atoms with Crippen LogP contribution in [0.5, 0.6) is 17.2 Å². The molecule has 0 radical (unpaired) electrons. The third kappa shape index (κ3) is 5.08. The van der Waals surface area contributed by atoms with E-state index in [1.807, 2.05) is 0 Å². The predicted molar refractivity (Wildman–Crippen MR) is 127 cm³/mol. The molecule has 1 saturated carbocycles. The first-order valence-electron chi connectivity index (χ1n) is 11.4. The Morgan fingerprint density at radius 2 is 1.18 bits per heavy atom. The van der Waals surface area contributed by atoms with Crippen LogP contribution in [0, 0.1) is 0 Å². The molecular formula is C28H28O5. The van der Waals surface area contributed by atoms with Gasteiger partial charge in [-0.3, -0.25) is 9.59 Å². The molecule has 3 aromatic rings. The number of phenolic OH excluding ortho intramolecular Hbond substituents is 3. The van der Waals surface area contributed by atoms with Crippen molar-refractivity contribution >= 4 is 12.6 Å². The van der Waals surface area contributed by atoms with Crippen LogP contribution in [-0.2, 0) is 12.8 Å². The number of hydrogen-bond donors (Lipinski definition) is 3. The highest BCUT2D eigenvalue weighted by atomic mass is 16.3. The first kappa shape index (κ1) is 22.6. The van der Waals surface area contributed by atoms with Crippen LogP contribution in [0.25, 0.3) is 0 Å². The van der Waals surface area contributed by atoms with E-state index >= 15 is 0 Å². The number of carbonyl (C=O) groups is 2. The lowest BCUT2D eigenvalue weighted by molar-refractivity contribution is 0.111. The van der Waals surface area contributed by atoms with Crippen LogP contribution >= 0.6 is 0 Å². The maximum absolute atomic E-state index is 11.2. The fourth-order valence-electron chi connectivity index (χ4n) is 4.78. The quantitative estimate of drug-likeness (QED) is 0.409. The number of phenols is 3. The molecule has 0 aromatic heterocycles. The number of rotatable bonds is 7. The van der Waals surface area contributed by atoms with Crippen LogP contribution in [0.1, 0.15) is 86.6 Å². The Morgan fingerprint density at radius 1 is 0.697 bits per heavy atom. The van der Waals surface area contributed by atoms with Gasteiger partial charge in [-0.1, -0.05) is 43.5 Å². The number of carbonyl (C=O) groups excluding carboxylic acids is 2. The van der Waals surface area contributed by atoms with Crippen LogP contribution in [0.15, 0.2) is 48.5 Å². The molecule has 5 heteroatoms. The van der Waals surface area contributed by atoms with E-state index in [9.17, 15) is 24.9 Å². The average molecular weight is 445 g/mol. The topological polar surface area (TPSA) is 94.8 Å². The van der Waals surface area contributed by atoms with Gasteiger partial charge in [0.05, 0.1) is 11.1 Å². The van der Waals surface area contributed by atoms with E-state index in [-0.39, 0.29) is 28.4 Å². The molecule has 4 rings (SSSR count). The molecule has 1 aliphatic carbocycles. The zero-order chi connectivity index (χ0) is 23.4. The molecular weight excluding hydrogens is 416 g/mol. The summed E-state index contributed by atoms with van der Waals surface area (Å²) in [4.78, 5) is 22.5. The van der Waals surface area contributed by atoms with Crippen molar-refractivity contribution in [3.8, 4) is 17.2 Å². The Labute approximate surface area is 193 Å². The summed E-state index contributed by atoms with van der Waals surface area (Å²) in [5.74, 6) is 0.504. The molecule has 1 fully saturated rings. The molecule has 0 spiro atoms. The lowest BCUT2D eigenvalue weighted by Gasteiger charge is -2.24. The molecule has 0 atom stereocenters. The zero-order valence-corrected chi connectivity index (χ0v) is 18.5. The summed E-state index contributed by atoms with van der Waals surface area (Å²) in [6, 6.07) is 13.9. The zero-order valence-electron chi connectivity index (χ0n) is 18.5. The van der Waals surface area contributed by atoms with Gasteiger partial charge < -0.3 is 15.3 Å². The summed E-state index contributed by atoms with van der Waals surface area (Å²) < 4.78 is 0. The van der Waals surface area contributed by atoms with E-state index in [4.69, 9.17) is 0 Å². The van der Waals surface area contributed by atoms with Gasteiger partial charge >= 0.3 is 0 Å². The summed E-state index contributed by atoms with van der Waals surface area (Å²) >= 11 is 0. The molecule has 1 aliphatic rings. The van der Waals surface area contributed by atoms with Crippen molar-refractivity contribution in [2.45, 2.75) is 50.9 Å². The van der Waals surface area contributed by atoms with E-state index in [1.54, 1.807) is 24.3 Å². The van der Waals surface area contributed by atoms with Gasteiger partial charge in [0.1, 0.15) is 17.2 Å². The SMILES string of the molecule is O=Cc1cc(Cc2cc(C3CCCCC3)cc(Cc3ccc(O)c(C=O)c3)c2O)ccc1O. The minimum Gasteiger partial charge on any atom is -0.507 e. The van der Waals surface area contributed by atoms with E-state index in [0.717, 1.165) is 35.1 Å². The largest absolute Gasteiger partial charge is 0.507 e. The second-order valence-electron chi connectivity index (χ2n) is 8.90. The van der Waals surface area contributed by atoms with E-state index in [0.29, 0.717) is 31.3 Å². The van der Waals surface area contributed by atoms with Crippen LogP contribution in [0.3, 0.4) is 0 Å². The molecule has 33 heavy (non-hydrogen) atoms. The molecule has 0 heterocycles. The van der Waals surface area contributed by atoms with Crippen LogP contribution < -0.4 is 0 Å². The fraction of sp³-hybridized carbons (Fsp3) is 0.286. The monoisotopic (exact) mass is 444 g/mol. The fourth-order valence-corrected chi connectivity index (χ4v) is 4.78. The third-order valence-corrected chi connectivity index (χ3v) is 6.59. The maximum atomic E-state index is 11.2. The molecule has 0 amide bonds. The highest BCUT2D eigenvalue weighted by molar-refractivity contribution is 5.80. The lowest BCUT2D eigenvalue weighted by Crippen LogP contribution is -2.07. The van der Waals surface area contributed by atoms with Gasteiger partial charge in [0.15, 0.2) is 12.6 Å². The molecule has 0 saturated heterocycles. The van der Waals surface area contributed by atoms with Crippen molar-refractivity contribution in [3.05, 3.63) is 87.5 Å². The Bertz CT molecular complexity index is 1090. The highest BCUT2D eigenvalue weighted by Gasteiger charge is 2.20. The van der Waals surface area contributed by atoms with Crippen molar-refractivity contribution in [1.29, 1.82) is 0 Å². The van der Waals surface area contributed by atoms with Gasteiger partial charge in [-0.05, 0) is 70.8 Å². The summed E-state index contributed by atoms with van der Waals surface area (Å²) in [5.41, 5.74) is 4.83. The normalized spacial score (nSPS) is 14.2. The van der Waals surface area contributed by atoms with Gasteiger partial charge in [0.2, 0.25) is 0 Å². The van der Waals surface area contributed by atoms with Crippen LogP contribution in [0.4, 0.5) is 0 Å². The number of aldehydes is 2. The van der Waals surface area contributed by atoms with E-state index < -0.39 is 0 Å². The molecule has 0 unspecified atom stereocenters. The molecule has 5 nitrogen and oxygen atoms in total. The molecule has 3 aromatic carbocycles. The number of hydrogen-bond acceptors (Lipinski definition) is 5. The first-order chi connectivity index (χ1) is 16.0. The van der Waals surface area contributed by atoms with Crippen molar-refractivity contribution in [2.75, 3.05) is 0 Å². The summed E-state index contributed by atoms with van der Waals surface area (Å²) in [6.07, 6.45) is 7.97. The van der Waals surface area contributed by atoms with Crippen LogP contribution in [0.2, 0.25) is 0 Å². The number of benzene rings is 3. The molecule has 170 valence electrons. The minimum atomic E-state index is -0.0621. The third-order valence-electron chi connectivity index (χ3n) is 6.59. The Kier molecular flexibility index (Phi) is 6.78. The molecule has 0 aliphatic heterocycles. The second-order valence-corrected chi connectivity index (χ2v) is 8.90. The first-order valence-corrected chi connectivity index (χ1v) is 11.4. The van der Waals surface area contributed by atoms with Crippen molar-refractivity contribution < 1.29 is 24.9 Å². The highest BCUT2D eigenvalue weighted by Crippen LogP contribution is 2.38. The van der Waals surface area contributed by atoms with Gasteiger partial charge in [-0.25, -0.2) is 0 Å². The van der Waals surface area contributed by atoms with Gasteiger partial charge in [0.25, 0.3) is 0 Å². The average Bonchev–Trinajstić information content (AvgIpc) is 2.84. The van der Waals surface area contributed by atoms with Crippen molar-refractivity contribution in [2.24, 2.45) is 0 Å². The lowest BCUT2D eigenvalue weighted by atomic mass is 9.81. The summed E-state index contributed by atoms with van der Waals surface area (Å²) in [5, 5.41) is 30.8. The molecule has 3 N–H and O–H groups in total. The number of aromatic hydroxyl groups is 3. The smallest absolute Gasteiger partial charge is 0.153 e. The molecule has 0 bridgehead atoms. The predicted octanol–water partition coefficient (Wildman–Crippen LogP) is 5.66. The minimum absolute atomic E-state index is 0.0621. The Morgan fingerprint density at radius 3 is 1.64 bits per heavy atom. The van der Waals surface area contributed by atoms with Crippen molar-refractivity contribution in [1.82, 2.24) is 0 Å². The standard InChI is InChI=1S/C28H28O5/c29-16-24-12-18(6-8-26(24)31)10-22-14-21(20-4-2-1-3-5-20)15-23(28(22)33)11-19-7-9-27(32)25(13-19)17-30/h6-9,12-17,20,31-33H,1-5,10-11H2. The van der Waals surface area contributed by atoms with E-state index in [1.165, 1.54) is 37.0 Å². The Balaban J connectivity index is 1.73. The summed E-state index contributed by atoms with van der Waals surface area (Å²) in [7, 11) is 0.